The fraction of sp³-hybridized carbons (Fsp3) is 0.762. The number of nitrogens with zero attached hydrogens (tertiary/aromatic N) is 5. The summed E-state index contributed by atoms with van der Waals surface area (Å²) in [5.74, 6) is 0.758. The number of amides is 1. The van der Waals surface area contributed by atoms with Crippen molar-refractivity contribution in [2.24, 2.45) is 12.0 Å². The number of hydrogen-bond acceptors (Lipinski definition) is 5. The molecule has 9 nitrogen and oxygen atoms in total. The molecule has 0 aliphatic carbocycles. The minimum Gasteiger partial charge on any atom is -0.444 e. The molecule has 0 radical (unpaired) electrons. The van der Waals surface area contributed by atoms with Crippen LogP contribution in [0.1, 0.15) is 47.0 Å². The van der Waals surface area contributed by atoms with E-state index in [1.807, 2.05) is 38.7 Å². The molecule has 1 aromatic heterocycles. The highest BCUT2D eigenvalue weighted by Gasteiger charge is 2.23. The molecule has 1 saturated heterocycles. The van der Waals surface area contributed by atoms with Crippen molar-refractivity contribution in [3.05, 3.63) is 12.4 Å². The van der Waals surface area contributed by atoms with E-state index in [0.717, 1.165) is 44.0 Å². The number of carbonyl (C=O) groups is 1. The van der Waals surface area contributed by atoms with Crippen LogP contribution in [0, 0.1) is 0 Å². The first-order valence-corrected chi connectivity index (χ1v) is 10.9. The van der Waals surface area contributed by atoms with Gasteiger partial charge in [0.25, 0.3) is 0 Å². The molecule has 1 atom stereocenters. The maximum absolute atomic E-state index is 12.4. The summed E-state index contributed by atoms with van der Waals surface area (Å²) in [5, 5.41) is 11.1. The molecule has 1 amide bonds. The zero-order valence-electron chi connectivity index (χ0n) is 19.4. The van der Waals surface area contributed by atoms with Crippen molar-refractivity contribution >= 4 is 17.7 Å². The minimum absolute atomic E-state index is 0.270. The van der Waals surface area contributed by atoms with E-state index in [-0.39, 0.29) is 6.09 Å². The third-order valence-electron chi connectivity index (χ3n) is 4.86. The summed E-state index contributed by atoms with van der Waals surface area (Å²) in [5.41, 5.74) is 0.661. The van der Waals surface area contributed by atoms with Crippen molar-refractivity contribution in [2.75, 3.05) is 44.7 Å². The average molecular weight is 422 g/mol. The number of guanidine groups is 1. The number of carbonyl (C=O) groups excluding carboxylic acids is 1. The molecule has 1 aliphatic rings. The first kappa shape index (κ1) is 23.8. The van der Waals surface area contributed by atoms with Crippen LogP contribution in [0.25, 0.3) is 0 Å². The van der Waals surface area contributed by atoms with E-state index < -0.39 is 5.60 Å². The van der Waals surface area contributed by atoms with Gasteiger partial charge in [0.2, 0.25) is 0 Å². The Labute approximate surface area is 180 Å². The van der Waals surface area contributed by atoms with Gasteiger partial charge in [0.1, 0.15) is 5.60 Å². The van der Waals surface area contributed by atoms with E-state index >= 15 is 0 Å². The summed E-state index contributed by atoms with van der Waals surface area (Å²) >= 11 is 0. The van der Waals surface area contributed by atoms with Crippen LogP contribution in [-0.2, 0) is 11.8 Å². The largest absolute Gasteiger partial charge is 0.444 e. The zero-order chi connectivity index (χ0) is 22.1. The second kappa shape index (κ2) is 11.1. The van der Waals surface area contributed by atoms with E-state index in [1.165, 1.54) is 0 Å². The number of ether oxygens (including phenoxy) is 1. The van der Waals surface area contributed by atoms with Crippen molar-refractivity contribution in [3.63, 3.8) is 0 Å². The predicted octanol–water partition coefficient (Wildman–Crippen LogP) is 2.20. The molecule has 0 aromatic carbocycles. The summed E-state index contributed by atoms with van der Waals surface area (Å²) in [6.45, 7) is 11.5. The lowest BCUT2D eigenvalue weighted by molar-refractivity contribution is 0.0253. The Balaban J connectivity index is 1.82. The Morgan fingerprint density at radius 2 is 2.17 bits per heavy atom. The van der Waals surface area contributed by atoms with E-state index in [1.54, 1.807) is 11.9 Å². The quantitative estimate of drug-likeness (QED) is 0.518. The third kappa shape index (κ3) is 7.76. The molecule has 1 aromatic rings. The SMILES string of the molecule is CCCN(CCNC(=NC)NC1CCCN(c2cnn(C)c2)C1)C(=O)OC(C)(C)C. The van der Waals surface area contributed by atoms with Crippen molar-refractivity contribution in [3.8, 4) is 0 Å². The molecule has 1 aliphatic heterocycles. The van der Waals surface area contributed by atoms with Gasteiger partial charge in [-0.3, -0.25) is 9.67 Å². The summed E-state index contributed by atoms with van der Waals surface area (Å²) in [4.78, 5) is 20.9. The molecule has 30 heavy (non-hydrogen) atoms. The Kier molecular flexibility index (Phi) is 8.80. The second-order valence-electron chi connectivity index (χ2n) is 8.77. The van der Waals surface area contributed by atoms with E-state index in [2.05, 4.69) is 38.7 Å². The molecule has 1 fully saturated rings. The van der Waals surface area contributed by atoms with E-state index in [9.17, 15) is 4.79 Å². The molecule has 170 valence electrons. The van der Waals surface area contributed by atoms with Crippen LogP contribution in [0.2, 0.25) is 0 Å². The number of rotatable bonds is 7. The van der Waals surface area contributed by atoms with Crippen LogP contribution in [0.15, 0.2) is 17.4 Å². The minimum atomic E-state index is -0.491. The Morgan fingerprint density at radius 3 is 2.77 bits per heavy atom. The van der Waals surface area contributed by atoms with Crippen molar-refractivity contribution in [2.45, 2.75) is 58.6 Å². The molecule has 0 saturated carbocycles. The first-order valence-electron chi connectivity index (χ1n) is 10.9. The number of nitrogens with one attached hydrogen (secondary N) is 2. The number of hydrogen-bond donors (Lipinski definition) is 2. The average Bonchev–Trinajstić information content (AvgIpc) is 3.11. The van der Waals surface area contributed by atoms with Gasteiger partial charge in [0.05, 0.1) is 11.9 Å². The number of aryl methyl sites for hydroxylation is 1. The van der Waals surface area contributed by atoms with E-state index in [4.69, 9.17) is 4.74 Å². The van der Waals surface area contributed by atoms with Crippen LogP contribution in [0.5, 0.6) is 0 Å². The van der Waals surface area contributed by atoms with Gasteiger partial charge in [-0.05, 0) is 40.0 Å². The highest BCUT2D eigenvalue weighted by molar-refractivity contribution is 5.80. The lowest BCUT2D eigenvalue weighted by Crippen LogP contribution is -2.52. The van der Waals surface area contributed by atoms with Gasteiger partial charge in [-0.15, -0.1) is 0 Å². The molecule has 2 N–H and O–H groups in total. The predicted molar refractivity (Wildman–Crippen MR) is 121 cm³/mol. The lowest BCUT2D eigenvalue weighted by atomic mass is 10.1. The Hall–Kier alpha value is -2.45. The van der Waals surface area contributed by atoms with Gasteiger partial charge >= 0.3 is 6.09 Å². The Bertz CT molecular complexity index is 696. The van der Waals surface area contributed by atoms with Gasteiger partial charge in [-0.2, -0.15) is 5.10 Å². The Morgan fingerprint density at radius 1 is 1.40 bits per heavy atom. The summed E-state index contributed by atoms with van der Waals surface area (Å²) in [6.07, 6.45) is 6.79. The number of aromatic nitrogens is 2. The smallest absolute Gasteiger partial charge is 0.410 e. The summed E-state index contributed by atoms with van der Waals surface area (Å²) in [6, 6.07) is 0.308. The standard InChI is InChI=1S/C21H39N7O2/c1-7-11-27(20(29)30-21(2,3)4)13-10-23-19(22-5)25-17-9-8-12-28(15-17)18-14-24-26(6)16-18/h14,16-17H,7-13,15H2,1-6H3,(H2,22,23,25). The number of aliphatic imine (C=N–C) groups is 1. The number of piperidine rings is 1. The molecule has 0 spiro atoms. The fourth-order valence-electron chi connectivity index (χ4n) is 3.49. The fourth-order valence-corrected chi connectivity index (χ4v) is 3.49. The zero-order valence-corrected chi connectivity index (χ0v) is 19.4. The summed E-state index contributed by atoms with van der Waals surface area (Å²) < 4.78 is 7.35. The van der Waals surface area contributed by atoms with Crippen molar-refractivity contribution < 1.29 is 9.53 Å². The molecule has 1 unspecified atom stereocenters. The topological polar surface area (TPSA) is 87.0 Å². The van der Waals surface area contributed by atoms with Gasteiger partial charge in [0, 0.05) is 59.1 Å². The second-order valence-corrected chi connectivity index (χ2v) is 8.77. The van der Waals surface area contributed by atoms with Crippen LogP contribution in [-0.4, -0.2) is 78.1 Å². The third-order valence-corrected chi connectivity index (χ3v) is 4.86. The van der Waals surface area contributed by atoms with E-state index in [0.29, 0.717) is 25.7 Å². The van der Waals surface area contributed by atoms with Gasteiger partial charge in [0.15, 0.2) is 5.96 Å². The van der Waals surface area contributed by atoms with Crippen molar-refractivity contribution in [1.29, 1.82) is 0 Å². The molecular weight excluding hydrogens is 382 g/mol. The molecule has 2 heterocycles. The van der Waals surface area contributed by atoms with Crippen molar-refractivity contribution in [1.82, 2.24) is 25.3 Å². The summed E-state index contributed by atoms with van der Waals surface area (Å²) in [7, 11) is 3.71. The van der Waals surface area contributed by atoms with Gasteiger partial charge < -0.3 is 25.2 Å². The molecular formula is C21H39N7O2. The lowest BCUT2D eigenvalue weighted by Gasteiger charge is -2.34. The normalized spacial score (nSPS) is 17.6. The first-order chi connectivity index (χ1) is 14.2. The van der Waals surface area contributed by atoms with Crippen LogP contribution >= 0.6 is 0 Å². The maximum Gasteiger partial charge on any atom is 0.410 e. The van der Waals surface area contributed by atoms with Crippen LogP contribution in [0.4, 0.5) is 10.5 Å². The van der Waals surface area contributed by atoms with Crippen LogP contribution in [0.3, 0.4) is 0 Å². The maximum atomic E-state index is 12.4. The van der Waals surface area contributed by atoms with Gasteiger partial charge in [-0.1, -0.05) is 6.92 Å². The highest BCUT2D eigenvalue weighted by atomic mass is 16.6. The number of anilines is 1. The monoisotopic (exact) mass is 421 g/mol. The van der Waals surface area contributed by atoms with Gasteiger partial charge in [-0.25, -0.2) is 4.79 Å². The molecule has 9 heteroatoms. The molecule has 2 rings (SSSR count). The highest BCUT2D eigenvalue weighted by Crippen LogP contribution is 2.19. The molecule has 0 bridgehead atoms. The van der Waals surface area contributed by atoms with Crippen LogP contribution < -0.4 is 15.5 Å².